The number of benzene rings is 1. The summed E-state index contributed by atoms with van der Waals surface area (Å²) in [6.07, 6.45) is 3.83. The number of imidazole rings is 1. The molecule has 0 saturated heterocycles. The van der Waals surface area contributed by atoms with Crippen molar-refractivity contribution in [1.29, 1.82) is 0 Å². The van der Waals surface area contributed by atoms with Crippen LogP contribution >= 0.6 is 0 Å². The van der Waals surface area contributed by atoms with Crippen LogP contribution in [-0.2, 0) is 6.54 Å². The summed E-state index contributed by atoms with van der Waals surface area (Å²) in [4.78, 5) is 15.8. The van der Waals surface area contributed by atoms with Gasteiger partial charge in [0.15, 0.2) is 0 Å². The van der Waals surface area contributed by atoms with E-state index in [1.54, 1.807) is 12.1 Å². The molecular weight excluding hydrogens is 264 g/mol. The average Bonchev–Trinajstić information content (AvgIpc) is 2.75. The molecule has 1 fully saturated rings. The maximum Gasteiger partial charge on any atom is 0.335 e. The Morgan fingerprint density at radius 3 is 2.67 bits per heavy atom. The Hall–Kier alpha value is -1.84. The first kappa shape index (κ1) is 14.1. The van der Waals surface area contributed by atoms with Crippen molar-refractivity contribution in [2.24, 2.45) is 5.41 Å². The van der Waals surface area contributed by atoms with E-state index in [1.165, 1.54) is 19.3 Å². The average molecular weight is 286 g/mol. The number of aromatic carboxylic acids is 1. The molecule has 0 radical (unpaired) electrons. The SMILES string of the molecule is CC(C)c1nc2cc(C(=O)O)ccc2n1CC1(C)CCC1. The fourth-order valence-corrected chi connectivity index (χ4v) is 3.21. The maximum absolute atomic E-state index is 11.1. The van der Waals surface area contributed by atoms with Crippen molar-refractivity contribution < 1.29 is 9.90 Å². The lowest BCUT2D eigenvalue weighted by Crippen LogP contribution is -2.31. The molecule has 1 N–H and O–H groups in total. The number of carboxylic acids is 1. The van der Waals surface area contributed by atoms with Crippen LogP contribution in [0.2, 0.25) is 0 Å². The van der Waals surface area contributed by atoms with Gasteiger partial charge in [-0.25, -0.2) is 9.78 Å². The highest BCUT2D eigenvalue weighted by Crippen LogP contribution is 2.43. The number of nitrogens with zero attached hydrogens (tertiary/aromatic N) is 2. The van der Waals surface area contributed by atoms with Crippen LogP contribution in [0.4, 0.5) is 0 Å². The van der Waals surface area contributed by atoms with Gasteiger partial charge in [0, 0.05) is 12.5 Å². The van der Waals surface area contributed by atoms with E-state index < -0.39 is 5.97 Å². The summed E-state index contributed by atoms with van der Waals surface area (Å²) in [5.41, 5.74) is 2.51. The summed E-state index contributed by atoms with van der Waals surface area (Å²) in [6, 6.07) is 5.26. The molecule has 3 rings (SSSR count). The normalized spacial score (nSPS) is 17.1. The first-order valence-corrected chi connectivity index (χ1v) is 7.63. The van der Waals surface area contributed by atoms with Crippen LogP contribution in [0.1, 0.15) is 62.1 Å². The molecule has 1 aliphatic carbocycles. The Balaban J connectivity index is 2.11. The number of carbonyl (C=O) groups is 1. The molecular formula is C17H22N2O2. The number of hydrogen-bond acceptors (Lipinski definition) is 2. The van der Waals surface area contributed by atoms with Gasteiger partial charge in [0.25, 0.3) is 0 Å². The fraction of sp³-hybridized carbons (Fsp3) is 0.529. The van der Waals surface area contributed by atoms with Gasteiger partial charge in [-0.3, -0.25) is 0 Å². The van der Waals surface area contributed by atoms with Crippen LogP contribution in [0.15, 0.2) is 18.2 Å². The number of aromatic nitrogens is 2. The van der Waals surface area contributed by atoms with Crippen LogP contribution in [-0.4, -0.2) is 20.6 Å². The molecule has 0 spiro atoms. The molecule has 1 aliphatic rings. The lowest BCUT2D eigenvalue weighted by Gasteiger charge is -2.39. The Kier molecular flexibility index (Phi) is 3.27. The molecule has 2 aromatic rings. The molecule has 0 aliphatic heterocycles. The van der Waals surface area contributed by atoms with E-state index in [-0.39, 0.29) is 0 Å². The highest BCUT2D eigenvalue weighted by Gasteiger charge is 2.33. The summed E-state index contributed by atoms with van der Waals surface area (Å²) in [7, 11) is 0. The molecule has 21 heavy (non-hydrogen) atoms. The predicted octanol–water partition coefficient (Wildman–Crippen LogP) is 4.05. The van der Waals surface area contributed by atoms with Crippen LogP contribution in [0.5, 0.6) is 0 Å². The molecule has 1 saturated carbocycles. The van der Waals surface area contributed by atoms with Crippen molar-refractivity contribution in [3.05, 3.63) is 29.6 Å². The van der Waals surface area contributed by atoms with Gasteiger partial charge in [0.05, 0.1) is 16.6 Å². The third kappa shape index (κ3) is 2.43. The van der Waals surface area contributed by atoms with Crippen molar-refractivity contribution in [2.45, 2.75) is 52.5 Å². The summed E-state index contributed by atoms with van der Waals surface area (Å²) in [5.74, 6) is 0.485. The second-order valence-corrected chi connectivity index (χ2v) is 6.88. The first-order valence-electron chi connectivity index (χ1n) is 7.63. The minimum atomic E-state index is -0.900. The van der Waals surface area contributed by atoms with Crippen molar-refractivity contribution >= 4 is 17.0 Å². The van der Waals surface area contributed by atoms with Gasteiger partial charge < -0.3 is 9.67 Å². The van der Waals surface area contributed by atoms with E-state index in [1.807, 2.05) is 6.07 Å². The van der Waals surface area contributed by atoms with E-state index in [0.29, 0.717) is 16.9 Å². The van der Waals surface area contributed by atoms with Gasteiger partial charge in [-0.05, 0) is 36.5 Å². The highest BCUT2D eigenvalue weighted by atomic mass is 16.4. The standard InChI is InChI=1S/C17H22N2O2/c1-11(2)15-18-13-9-12(16(20)21)5-6-14(13)19(15)10-17(3)7-4-8-17/h5-6,9,11H,4,7-8,10H2,1-3H3,(H,20,21). The van der Waals surface area contributed by atoms with Crippen LogP contribution in [0.25, 0.3) is 11.0 Å². The Morgan fingerprint density at radius 2 is 2.14 bits per heavy atom. The monoisotopic (exact) mass is 286 g/mol. The van der Waals surface area contributed by atoms with Gasteiger partial charge in [0.2, 0.25) is 0 Å². The van der Waals surface area contributed by atoms with Gasteiger partial charge >= 0.3 is 5.97 Å². The number of rotatable bonds is 4. The summed E-state index contributed by atoms with van der Waals surface area (Å²) in [6.45, 7) is 7.58. The van der Waals surface area contributed by atoms with Crippen molar-refractivity contribution in [3.8, 4) is 0 Å². The molecule has 112 valence electrons. The minimum Gasteiger partial charge on any atom is -0.478 e. The van der Waals surface area contributed by atoms with Crippen molar-refractivity contribution in [2.75, 3.05) is 0 Å². The second kappa shape index (κ2) is 4.86. The summed E-state index contributed by atoms with van der Waals surface area (Å²) < 4.78 is 2.30. The van der Waals surface area contributed by atoms with E-state index in [9.17, 15) is 4.79 Å². The molecule has 0 amide bonds. The largest absolute Gasteiger partial charge is 0.478 e. The zero-order valence-corrected chi connectivity index (χ0v) is 12.9. The van der Waals surface area contributed by atoms with Gasteiger partial charge in [-0.15, -0.1) is 0 Å². The van der Waals surface area contributed by atoms with Gasteiger partial charge in [-0.1, -0.05) is 27.2 Å². The maximum atomic E-state index is 11.1. The number of hydrogen-bond donors (Lipinski definition) is 1. The lowest BCUT2D eigenvalue weighted by atomic mass is 9.70. The zero-order valence-electron chi connectivity index (χ0n) is 12.9. The molecule has 0 unspecified atom stereocenters. The van der Waals surface area contributed by atoms with E-state index in [0.717, 1.165) is 23.4 Å². The first-order chi connectivity index (χ1) is 9.89. The zero-order chi connectivity index (χ0) is 15.2. The summed E-state index contributed by atoms with van der Waals surface area (Å²) in [5, 5.41) is 9.13. The Bertz CT molecular complexity index is 696. The molecule has 0 atom stereocenters. The minimum absolute atomic E-state index is 0.303. The van der Waals surface area contributed by atoms with Crippen LogP contribution < -0.4 is 0 Å². The fourth-order valence-electron chi connectivity index (χ4n) is 3.21. The molecule has 1 aromatic heterocycles. The molecule has 1 heterocycles. The Labute approximate surface area is 124 Å². The third-order valence-corrected chi connectivity index (χ3v) is 4.64. The van der Waals surface area contributed by atoms with Crippen LogP contribution in [0.3, 0.4) is 0 Å². The van der Waals surface area contributed by atoms with E-state index in [4.69, 9.17) is 10.1 Å². The Morgan fingerprint density at radius 1 is 1.43 bits per heavy atom. The molecule has 1 aromatic carbocycles. The highest BCUT2D eigenvalue weighted by molar-refractivity contribution is 5.92. The number of carboxylic acid groups (broad SMARTS) is 1. The molecule has 0 bridgehead atoms. The van der Waals surface area contributed by atoms with Gasteiger partial charge in [-0.2, -0.15) is 0 Å². The topological polar surface area (TPSA) is 55.1 Å². The predicted molar refractivity (Wildman–Crippen MR) is 82.7 cm³/mol. The number of fused-ring (bicyclic) bond motifs is 1. The molecule has 4 heteroatoms. The second-order valence-electron chi connectivity index (χ2n) is 6.88. The van der Waals surface area contributed by atoms with Crippen molar-refractivity contribution in [1.82, 2.24) is 9.55 Å². The quantitative estimate of drug-likeness (QED) is 0.922. The van der Waals surface area contributed by atoms with E-state index in [2.05, 4.69) is 25.3 Å². The lowest BCUT2D eigenvalue weighted by molar-refractivity contribution is 0.0697. The van der Waals surface area contributed by atoms with E-state index >= 15 is 0 Å². The van der Waals surface area contributed by atoms with Crippen LogP contribution in [0, 0.1) is 5.41 Å². The van der Waals surface area contributed by atoms with Crippen molar-refractivity contribution in [3.63, 3.8) is 0 Å². The third-order valence-electron chi connectivity index (χ3n) is 4.64. The molecule has 4 nitrogen and oxygen atoms in total. The smallest absolute Gasteiger partial charge is 0.335 e. The summed E-state index contributed by atoms with van der Waals surface area (Å²) >= 11 is 0. The van der Waals surface area contributed by atoms with Gasteiger partial charge in [0.1, 0.15) is 5.82 Å².